The average Bonchev–Trinajstić information content (AvgIpc) is 2.34. The van der Waals surface area contributed by atoms with Gasteiger partial charge < -0.3 is 4.98 Å². The lowest BCUT2D eigenvalue weighted by Crippen LogP contribution is -1.80. The molecule has 0 aliphatic rings. The third kappa shape index (κ3) is 1.76. The van der Waals surface area contributed by atoms with Gasteiger partial charge >= 0.3 is 0 Å². The van der Waals surface area contributed by atoms with Crippen molar-refractivity contribution in [2.75, 3.05) is 0 Å². The topological polar surface area (TPSA) is 15.8 Å². The molecule has 1 nitrogen and oxygen atoms in total. The Morgan fingerprint density at radius 1 is 1.67 bits per heavy atom. The molecule has 1 radical (unpaired) electrons. The smallest absolute Gasteiger partial charge is 0.0150 e. The van der Waals surface area contributed by atoms with Gasteiger partial charge in [0.1, 0.15) is 0 Å². The second-order valence-corrected chi connectivity index (χ2v) is 1.97. The molecule has 1 N–H and O–H groups in total. The van der Waals surface area contributed by atoms with E-state index < -0.39 is 0 Å². The van der Waals surface area contributed by atoms with Gasteiger partial charge in [0.05, 0.1) is 0 Å². The fraction of sp³-hybridized carbons (Fsp3) is 0.250. The predicted octanol–water partition coefficient (Wildman–Crippen LogP) is 1.94. The van der Waals surface area contributed by atoms with Gasteiger partial charge in [-0.15, -0.1) is 0 Å². The molecule has 1 heterocycles. The maximum atomic E-state index is 5.21. The van der Waals surface area contributed by atoms with Crippen molar-refractivity contribution in [2.24, 2.45) is 0 Å². The molecule has 0 aliphatic heterocycles. The molecular weight excluding hydrogens is 110 g/mol. The van der Waals surface area contributed by atoms with E-state index >= 15 is 0 Å². The van der Waals surface area contributed by atoms with E-state index in [1.165, 1.54) is 5.69 Å². The molecule has 0 aromatic carbocycles. The zero-order valence-corrected chi connectivity index (χ0v) is 5.30. The van der Waals surface area contributed by atoms with Gasteiger partial charge in [0, 0.05) is 11.9 Å². The molecule has 0 bridgehead atoms. The van der Waals surface area contributed by atoms with Crippen LogP contribution in [0.5, 0.6) is 0 Å². The van der Waals surface area contributed by atoms with E-state index in [-0.39, 0.29) is 0 Å². The molecule has 0 amide bonds. The quantitative estimate of drug-likeness (QED) is 0.627. The molecule has 0 fully saturated rings. The van der Waals surface area contributed by atoms with Crippen molar-refractivity contribution in [3.63, 3.8) is 0 Å². The highest BCUT2D eigenvalue weighted by molar-refractivity contribution is 5.03. The number of rotatable bonds is 3. The van der Waals surface area contributed by atoms with Crippen LogP contribution in [0.1, 0.15) is 12.1 Å². The second-order valence-electron chi connectivity index (χ2n) is 1.97. The fourth-order valence-electron chi connectivity index (χ4n) is 0.762. The van der Waals surface area contributed by atoms with Crippen LogP contribution in [0.3, 0.4) is 0 Å². The summed E-state index contributed by atoms with van der Waals surface area (Å²) in [5.74, 6) is 0. The Labute approximate surface area is 55.4 Å². The van der Waals surface area contributed by atoms with E-state index in [9.17, 15) is 0 Å². The number of hydrogen-bond acceptors (Lipinski definition) is 0. The number of aryl methyl sites for hydroxylation is 1. The Kier molecular flexibility index (Phi) is 2.13. The number of aromatic amines is 1. The minimum absolute atomic E-state index is 0.945. The summed E-state index contributed by atoms with van der Waals surface area (Å²) in [4.78, 5) is 3.10. The van der Waals surface area contributed by atoms with E-state index in [1.54, 1.807) is 6.08 Å². The zero-order valence-electron chi connectivity index (χ0n) is 5.30. The van der Waals surface area contributed by atoms with Crippen LogP contribution in [0.25, 0.3) is 0 Å². The van der Waals surface area contributed by atoms with Crippen molar-refractivity contribution in [1.29, 1.82) is 0 Å². The molecule has 0 unspecified atom stereocenters. The van der Waals surface area contributed by atoms with Crippen molar-refractivity contribution >= 4 is 0 Å². The van der Waals surface area contributed by atoms with Gasteiger partial charge in [0.2, 0.25) is 0 Å². The summed E-state index contributed by atoms with van der Waals surface area (Å²) in [6, 6.07) is 4.05. The van der Waals surface area contributed by atoms with Crippen LogP contribution in [0.15, 0.2) is 24.4 Å². The van der Waals surface area contributed by atoms with Gasteiger partial charge in [-0.05, 0) is 25.0 Å². The summed E-state index contributed by atoms with van der Waals surface area (Å²) in [6.45, 7) is 5.21. The minimum atomic E-state index is 0.945. The summed E-state index contributed by atoms with van der Waals surface area (Å²) in [6.07, 6.45) is 5.57. The summed E-state index contributed by atoms with van der Waals surface area (Å²) in [5.41, 5.74) is 1.25. The molecular formula is C8H10N. The maximum absolute atomic E-state index is 5.21. The molecule has 0 atom stereocenters. The molecule has 1 rings (SSSR count). The molecule has 0 saturated carbocycles. The number of nitrogens with one attached hydrogen (secondary N) is 1. The normalized spacial score (nSPS) is 9.33. The lowest BCUT2D eigenvalue weighted by molar-refractivity contribution is 0.960. The Balaban J connectivity index is 2.38. The van der Waals surface area contributed by atoms with Crippen LogP contribution in [0.2, 0.25) is 0 Å². The van der Waals surface area contributed by atoms with Crippen molar-refractivity contribution in [2.45, 2.75) is 12.8 Å². The third-order valence-electron chi connectivity index (χ3n) is 1.24. The van der Waals surface area contributed by atoms with Gasteiger partial charge in [-0.1, -0.05) is 12.7 Å². The molecule has 1 aromatic rings. The van der Waals surface area contributed by atoms with E-state index in [1.807, 2.05) is 12.3 Å². The largest absolute Gasteiger partial charge is 0.365 e. The van der Waals surface area contributed by atoms with Crippen molar-refractivity contribution in [1.82, 2.24) is 4.98 Å². The van der Waals surface area contributed by atoms with Gasteiger partial charge in [-0.25, -0.2) is 0 Å². The average molecular weight is 120 g/mol. The minimum Gasteiger partial charge on any atom is -0.365 e. The van der Waals surface area contributed by atoms with Crippen molar-refractivity contribution in [3.8, 4) is 0 Å². The van der Waals surface area contributed by atoms with Gasteiger partial charge in [0.25, 0.3) is 0 Å². The van der Waals surface area contributed by atoms with E-state index in [0.29, 0.717) is 0 Å². The van der Waals surface area contributed by atoms with Crippen LogP contribution in [-0.4, -0.2) is 4.98 Å². The van der Waals surface area contributed by atoms with Gasteiger partial charge in [0.15, 0.2) is 0 Å². The molecule has 0 saturated heterocycles. The lowest BCUT2D eigenvalue weighted by atomic mass is 10.2. The van der Waals surface area contributed by atoms with Crippen LogP contribution in [-0.2, 0) is 6.42 Å². The SMILES string of the molecule is [CH]=CCCc1ccc[nH]1. The molecule has 0 spiro atoms. The Morgan fingerprint density at radius 2 is 2.56 bits per heavy atom. The number of hydrogen-bond donors (Lipinski definition) is 1. The third-order valence-corrected chi connectivity index (χ3v) is 1.24. The lowest BCUT2D eigenvalue weighted by Gasteiger charge is -1.89. The Morgan fingerprint density at radius 3 is 3.11 bits per heavy atom. The predicted molar refractivity (Wildman–Crippen MR) is 38.0 cm³/mol. The van der Waals surface area contributed by atoms with Gasteiger partial charge in [-0.3, -0.25) is 0 Å². The Bertz CT molecular complexity index is 163. The number of allylic oxidation sites excluding steroid dienone is 1. The number of aromatic nitrogens is 1. The van der Waals surface area contributed by atoms with Crippen LogP contribution in [0.4, 0.5) is 0 Å². The first kappa shape index (κ1) is 6.14. The highest BCUT2D eigenvalue weighted by Gasteiger charge is 1.87. The summed E-state index contributed by atoms with van der Waals surface area (Å²) >= 11 is 0. The molecule has 0 aliphatic carbocycles. The van der Waals surface area contributed by atoms with Crippen molar-refractivity contribution in [3.05, 3.63) is 36.7 Å². The van der Waals surface area contributed by atoms with Crippen molar-refractivity contribution < 1.29 is 0 Å². The van der Waals surface area contributed by atoms with E-state index in [0.717, 1.165) is 12.8 Å². The molecule has 1 heteroatoms. The van der Waals surface area contributed by atoms with Gasteiger partial charge in [-0.2, -0.15) is 0 Å². The van der Waals surface area contributed by atoms with E-state index in [2.05, 4.69) is 11.1 Å². The van der Waals surface area contributed by atoms with E-state index in [4.69, 9.17) is 6.58 Å². The summed E-state index contributed by atoms with van der Waals surface area (Å²) < 4.78 is 0. The first-order valence-electron chi connectivity index (χ1n) is 3.09. The molecule has 1 aromatic heterocycles. The number of H-pyrrole nitrogens is 1. The highest BCUT2D eigenvalue weighted by atomic mass is 14.7. The summed E-state index contributed by atoms with van der Waals surface area (Å²) in [7, 11) is 0. The first-order chi connectivity index (χ1) is 4.43. The molecule has 9 heavy (non-hydrogen) atoms. The summed E-state index contributed by atoms with van der Waals surface area (Å²) in [5, 5.41) is 0. The monoisotopic (exact) mass is 120 g/mol. The van der Waals surface area contributed by atoms with Crippen LogP contribution >= 0.6 is 0 Å². The zero-order chi connectivity index (χ0) is 6.53. The standard InChI is InChI=1S/C8H10N/c1-2-3-5-8-6-4-7-9-8/h1-2,4,6-7,9H,3,5H2. The Hall–Kier alpha value is -0.980. The molecule has 47 valence electrons. The van der Waals surface area contributed by atoms with Crippen LogP contribution in [0, 0.1) is 6.58 Å². The maximum Gasteiger partial charge on any atom is 0.0150 e. The fourth-order valence-corrected chi connectivity index (χ4v) is 0.762. The first-order valence-corrected chi connectivity index (χ1v) is 3.09. The van der Waals surface area contributed by atoms with Crippen LogP contribution < -0.4 is 0 Å². The second kappa shape index (κ2) is 3.13. The highest BCUT2D eigenvalue weighted by Crippen LogP contribution is 1.98.